The molecular formula is C35H32N4O5S2. The van der Waals surface area contributed by atoms with Gasteiger partial charge in [-0.25, -0.2) is 4.98 Å². The van der Waals surface area contributed by atoms with Gasteiger partial charge in [-0.15, -0.1) is 11.8 Å². The molecule has 0 aliphatic carbocycles. The van der Waals surface area contributed by atoms with Crippen molar-refractivity contribution in [3.8, 4) is 11.5 Å². The monoisotopic (exact) mass is 652 g/mol. The molecule has 0 bridgehead atoms. The van der Waals surface area contributed by atoms with Crippen molar-refractivity contribution in [2.45, 2.75) is 18.7 Å². The van der Waals surface area contributed by atoms with Gasteiger partial charge < -0.3 is 25.4 Å². The molecule has 0 unspecified atom stereocenters. The second-order valence-corrected chi connectivity index (χ2v) is 11.8. The van der Waals surface area contributed by atoms with Crippen molar-refractivity contribution in [1.29, 1.82) is 0 Å². The van der Waals surface area contributed by atoms with Crippen molar-refractivity contribution in [3.63, 3.8) is 0 Å². The highest BCUT2D eigenvalue weighted by molar-refractivity contribution is 8.00. The van der Waals surface area contributed by atoms with E-state index in [4.69, 9.17) is 9.47 Å². The number of ether oxygens (including phenoxy) is 2. The molecule has 234 valence electrons. The summed E-state index contributed by atoms with van der Waals surface area (Å²) < 4.78 is 12.2. The molecule has 0 spiro atoms. The average Bonchev–Trinajstić information content (AvgIpc) is 3.47. The molecule has 9 nitrogen and oxygen atoms in total. The van der Waals surface area contributed by atoms with E-state index in [2.05, 4.69) is 20.9 Å². The largest absolute Gasteiger partial charge is 0.494 e. The Balaban J connectivity index is 1.22. The lowest BCUT2D eigenvalue weighted by Gasteiger charge is -2.13. The first-order valence-electron chi connectivity index (χ1n) is 14.6. The molecule has 1 aromatic heterocycles. The van der Waals surface area contributed by atoms with Gasteiger partial charge >= 0.3 is 0 Å². The van der Waals surface area contributed by atoms with Crippen LogP contribution in [-0.2, 0) is 9.59 Å². The van der Waals surface area contributed by atoms with Gasteiger partial charge in [-0.2, -0.15) is 0 Å². The number of fused-ring (bicyclic) bond motifs is 1. The number of benzene rings is 4. The zero-order valence-electron chi connectivity index (χ0n) is 25.2. The molecule has 0 saturated carbocycles. The Labute approximate surface area is 275 Å². The predicted octanol–water partition coefficient (Wildman–Crippen LogP) is 7.23. The molecule has 4 aromatic carbocycles. The van der Waals surface area contributed by atoms with E-state index in [1.54, 1.807) is 48.5 Å². The standard InChI is InChI=1S/C35H32N4O5S2/c1-3-43-26-16-19-28-31(21-26)46-35(38-28)39-32(40)22-45-27-17-14-25(15-18-27)36-34(42)29(37-33(41)23-10-6-5-7-11-23)20-24-12-8-9-13-30(24)44-4-2/h5-21H,3-4,22H2,1-2H3,(H,36,42)(H,37,41)(H,38,39,40)/b29-20-. The third kappa shape index (κ3) is 8.74. The molecule has 5 aromatic rings. The van der Waals surface area contributed by atoms with E-state index in [-0.39, 0.29) is 17.4 Å². The molecule has 0 aliphatic heterocycles. The third-order valence-corrected chi connectivity index (χ3v) is 8.39. The minimum atomic E-state index is -0.500. The Morgan fingerprint density at radius 3 is 2.35 bits per heavy atom. The molecule has 46 heavy (non-hydrogen) atoms. The second-order valence-electron chi connectivity index (χ2n) is 9.75. The van der Waals surface area contributed by atoms with Gasteiger partial charge in [0.25, 0.3) is 11.8 Å². The molecule has 0 aliphatic rings. The Morgan fingerprint density at radius 2 is 1.59 bits per heavy atom. The fourth-order valence-corrected chi connectivity index (χ4v) is 5.95. The second kappa shape index (κ2) is 15.7. The molecule has 0 atom stereocenters. The van der Waals surface area contributed by atoms with E-state index in [0.717, 1.165) is 20.9 Å². The van der Waals surface area contributed by atoms with Crippen molar-refractivity contribution >= 4 is 67.9 Å². The Morgan fingerprint density at radius 1 is 0.848 bits per heavy atom. The van der Waals surface area contributed by atoms with Gasteiger partial charge in [0.05, 0.1) is 29.2 Å². The zero-order valence-corrected chi connectivity index (χ0v) is 26.9. The summed E-state index contributed by atoms with van der Waals surface area (Å²) in [6, 6.07) is 28.7. The van der Waals surface area contributed by atoms with Crippen LogP contribution in [0, 0.1) is 0 Å². The predicted molar refractivity (Wildman–Crippen MR) is 185 cm³/mol. The summed E-state index contributed by atoms with van der Waals surface area (Å²) >= 11 is 2.75. The fraction of sp³-hybridized carbons (Fsp3) is 0.143. The molecule has 5 rings (SSSR count). The Hall–Kier alpha value is -5.13. The number of amides is 3. The first-order valence-corrected chi connectivity index (χ1v) is 16.4. The summed E-state index contributed by atoms with van der Waals surface area (Å²) in [6.07, 6.45) is 1.59. The van der Waals surface area contributed by atoms with Crippen LogP contribution in [0.1, 0.15) is 29.8 Å². The number of nitrogens with one attached hydrogen (secondary N) is 3. The number of rotatable bonds is 13. The minimum absolute atomic E-state index is 0.0556. The number of hydrogen-bond donors (Lipinski definition) is 3. The topological polar surface area (TPSA) is 119 Å². The number of carbonyl (C=O) groups excluding carboxylic acids is 3. The van der Waals surface area contributed by atoms with Gasteiger partial charge in [0.1, 0.15) is 17.2 Å². The lowest BCUT2D eigenvalue weighted by atomic mass is 10.1. The Bertz CT molecular complexity index is 1860. The van der Waals surface area contributed by atoms with Crippen molar-refractivity contribution in [1.82, 2.24) is 10.3 Å². The van der Waals surface area contributed by atoms with Crippen LogP contribution in [0.15, 0.2) is 108 Å². The lowest BCUT2D eigenvalue weighted by Crippen LogP contribution is -2.30. The van der Waals surface area contributed by atoms with Crippen LogP contribution in [0.5, 0.6) is 11.5 Å². The van der Waals surface area contributed by atoms with Gasteiger partial charge in [-0.1, -0.05) is 47.7 Å². The minimum Gasteiger partial charge on any atom is -0.494 e. The summed E-state index contributed by atoms with van der Waals surface area (Å²) in [6.45, 7) is 4.83. The van der Waals surface area contributed by atoms with Gasteiger partial charge in [-0.05, 0) is 80.6 Å². The van der Waals surface area contributed by atoms with Crippen LogP contribution in [-0.4, -0.2) is 41.7 Å². The van der Waals surface area contributed by atoms with Crippen molar-refractivity contribution in [2.75, 3.05) is 29.6 Å². The van der Waals surface area contributed by atoms with E-state index < -0.39 is 11.8 Å². The number of nitrogens with zero attached hydrogens (tertiary/aromatic N) is 1. The molecule has 1 heterocycles. The first kappa shape index (κ1) is 32.3. The van der Waals surface area contributed by atoms with Crippen molar-refractivity contribution < 1.29 is 23.9 Å². The molecule has 3 amide bonds. The number of carbonyl (C=O) groups is 3. The fourth-order valence-electron chi connectivity index (χ4n) is 4.34. The quantitative estimate of drug-likeness (QED) is 0.0907. The van der Waals surface area contributed by atoms with E-state index in [9.17, 15) is 14.4 Å². The van der Waals surface area contributed by atoms with Crippen LogP contribution < -0.4 is 25.4 Å². The van der Waals surface area contributed by atoms with E-state index in [1.165, 1.54) is 23.1 Å². The molecule has 0 radical (unpaired) electrons. The number of anilines is 2. The number of hydrogen-bond acceptors (Lipinski definition) is 8. The number of thioether (sulfide) groups is 1. The van der Waals surface area contributed by atoms with Crippen LogP contribution in [0.3, 0.4) is 0 Å². The molecule has 11 heteroatoms. The third-order valence-electron chi connectivity index (χ3n) is 6.45. The summed E-state index contributed by atoms with van der Waals surface area (Å²) in [5.74, 6) is 0.449. The summed E-state index contributed by atoms with van der Waals surface area (Å²) in [5.41, 5.74) is 2.44. The van der Waals surface area contributed by atoms with E-state index in [0.29, 0.717) is 40.9 Å². The van der Waals surface area contributed by atoms with E-state index in [1.807, 2.05) is 68.4 Å². The van der Waals surface area contributed by atoms with Gasteiger partial charge in [0, 0.05) is 21.7 Å². The summed E-state index contributed by atoms with van der Waals surface area (Å²) in [7, 11) is 0. The zero-order chi connectivity index (χ0) is 32.3. The maximum absolute atomic E-state index is 13.4. The normalized spacial score (nSPS) is 11.1. The maximum atomic E-state index is 13.4. The lowest BCUT2D eigenvalue weighted by molar-refractivity contribution is -0.114. The summed E-state index contributed by atoms with van der Waals surface area (Å²) in [5, 5.41) is 8.99. The SMILES string of the molecule is CCOc1ccc2nc(NC(=O)CSc3ccc(NC(=O)/C(=C/c4ccccc4OCC)NC(=O)c4ccccc4)cc3)sc2c1. The maximum Gasteiger partial charge on any atom is 0.272 e. The highest BCUT2D eigenvalue weighted by atomic mass is 32.2. The molecule has 3 N–H and O–H groups in total. The average molecular weight is 653 g/mol. The van der Waals surface area contributed by atoms with Gasteiger partial charge in [-0.3, -0.25) is 14.4 Å². The van der Waals surface area contributed by atoms with E-state index >= 15 is 0 Å². The van der Waals surface area contributed by atoms with Crippen LogP contribution in [0.4, 0.5) is 10.8 Å². The van der Waals surface area contributed by atoms with Crippen LogP contribution in [0.25, 0.3) is 16.3 Å². The van der Waals surface area contributed by atoms with Gasteiger partial charge in [0.2, 0.25) is 5.91 Å². The van der Waals surface area contributed by atoms with Gasteiger partial charge in [0.15, 0.2) is 5.13 Å². The molecular weight excluding hydrogens is 621 g/mol. The number of para-hydroxylation sites is 1. The van der Waals surface area contributed by atoms with Crippen LogP contribution in [0.2, 0.25) is 0 Å². The smallest absolute Gasteiger partial charge is 0.272 e. The van der Waals surface area contributed by atoms with Crippen molar-refractivity contribution in [2.24, 2.45) is 0 Å². The van der Waals surface area contributed by atoms with Crippen molar-refractivity contribution in [3.05, 3.63) is 114 Å². The number of thiazole rings is 1. The highest BCUT2D eigenvalue weighted by Crippen LogP contribution is 2.30. The highest BCUT2D eigenvalue weighted by Gasteiger charge is 2.16. The summed E-state index contributed by atoms with van der Waals surface area (Å²) in [4.78, 5) is 44.4. The number of aromatic nitrogens is 1. The molecule has 0 fully saturated rings. The first-order chi connectivity index (χ1) is 22.4. The Kier molecular flexibility index (Phi) is 11.0. The molecule has 0 saturated heterocycles. The van der Waals surface area contributed by atoms with Crippen LogP contribution >= 0.6 is 23.1 Å².